The fourth-order valence-electron chi connectivity index (χ4n) is 2.20. The van der Waals surface area contributed by atoms with Crippen LogP contribution in [0.2, 0.25) is 5.02 Å². The fraction of sp³-hybridized carbons (Fsp3) is 0.250. The third-order valence-corrected chi connectivity index (χ3v) is 3.43. The average molecular weight is 277 g/mol. The van der Waals surface area contributed by atoms with Crippen LogP contribution in [0.25, 0.3) is 0 Å². The van der Waals surface area contributed by atoms with Gasteiger partial charge in [-0.25, -0.2) is 0 Å². The molecule has 0 aliphatic rings. The zero-order valence-corrected chi connectivity index (χ0v) is 11.8. The second kappa shape index (κ2) is 6.09. The van der Waals surface area contributed by atoms with Crippen LogP contribution < -0.4 is 4.74 Å². The van der Waals surface area contributed by atoms with Crippen molar-refractivity contribution in [3.8, 4) is 5.75 Å². The van der Waals surface area contributed by atoms with Gasteiger partial charge >= 0.3 is 0 Å². The summed E-state index contributed by atoms with van der Waals surface area (Å²) in [5, 5.41) is 11.1. The van der Waals surface area contributed by atoms with Crippen LogP contribution in [-0.2, 0) is 6.42 Å². The van der Waals surface area contributed by atoms with Crippen LogP contribution in [0.5, 0.6) is 5.75 Å². The molecule has 2 aromatic carbocycles. The number of hydrogen-bond donors (Lipinski definition) is 1. The minimum Gasteiger partial charge on any atom is -0.496 e. The highest BCUT2D eigenvalue weighted by molar-refractivity contribution is 6.30. The Balaban J connectivity index is 2.23. The van der Waals surface area contributed by atoms with E-state index < -0.39 is 6.10 Å². The van der Waals surface area contributed by atoms with E-state index in [1.165, 1.54) is 0 Å². The largest absolute Gasteiger partial charge is 0.496 e. The predicted molar refractivity (Wildman–Crippen MR) is 77.8 cm³/mol. The summed E-state index contributed by atoms with van der Waals surface area (Å²) in [5.74, 6) is 0.799. The summed E-state index contributed by atoms with van der Waals surface area (Å²) < 4.78 is 5.30. The zero-order valence-electron chi connectivity index (χ0n) is 11.1. The Kier molecular flexibility index (Phi) is 4.46. The molecular formula is C16H17ClO2. The molecule has 2 nitrogen and oxygen atoms in total. The van der Waals surface area contributed by atoms with Gasteiger partial charge in [0.2, 0.25) is 0 Å². The van der Waals surface area contributed by atoms with Crippen LogP contribution in [0, 0.1) is 6.92 Å². The van der Waals surface area contributed by atoms with E-state index in [0.717, 1.165) is 22.4 Å². The first kappa shape index (κ1) is 13.9. The molecule has 1 atom stereocenters. The van der Waals surface area contributed by atoms with Gasteiger partial charge in [-0.05, 0) is 41.8 Å². The van der Waals surface area contributed by atoms with E-state index in [9.17, 15) is 5.11 Å². The molecule has 100 valence electrons. The first-order valence-corrected chi connectivity index (χ1v) is 6.55. The van der Waals surface area contributed by atoms with Crippen LogP contribution in [0.1, 0.15) is 22.8 Å². The molecule has 1 unspecified atom stereocenters. The van der Waals surface area contributed by atoms with Gasteiger partial charge in [0.1, 0.15) is 5.75 Å². The summed E-state index contributed by atoms with van der Waals surface area (Å²) >= 11 is 5.93. The quantitative estimate of drug-likeness (QED) is 0.917. The maximum absolute atomic E-state index is 10.4. The van der Waals surface area contributed by atoms with E-state index in [2.05, 4.69) is 0 Å². The van der Waals surface area contributed by atoms with Crippen molar-refractivity contribution in [1.82, 2.24) is 0 Å². The zero-order chi connectivity index (χ0) is 13.8. The third-order valence-electron chi connectivity index (χ3n) is 3.20. The van der Waals surface area contributed by atoms with E-state index >= 15 is 0 Å². The van der Waals surface area contributed by atoms with Crippen molar-refractivity contribution in [2.75, 3.05) is 7.11 Å². The maximum atomic E-state index is 10.4. The smallest absolute Gasteiger partial charge is 0.122 e. The highest BCUT2D eigenvalue weighted by Gasteiger charge is 2.13. The molecule has 19 heavy (non-hydrogen) atoms. The van der Waals surface area contributed by atoms with Crippen LogP contribution in [0.15, 0.2) is 42.5 Å². The lowest BCUT2D eigenvalue weighted by atomic mass is 9.97. The standard InChI is InChI=1S/C16H17ClO2/c1-11-9-13(17)7-8-14(11)15(18)10-12-5-3-4-6-16(12)19-2/h3-9,15,18H,10H2,1-2H3. The van der Waals surface area contributed by atoms with E-state index in [0.29, 0.717) is 11.4 Å². The van der Waals surface area contributed by atoms with Crippen molar-refractivity contribution < 1.29 is 9.84 Å². The number of methoxy groups -OCH3 is 1. The summed E-state index contributed by atoms with van der Waals surface area (Å²) in [6.07, 6.45) is -0.0412. The van der Waals surface area contributed by atoms with Crippen molar-refractivity contribution in [3.63, 3.8) is 0 Å². The molecule has 0 saturated heterocycles. The Hall–Kier alpha value is -1.51. The molecule has 1 N–H and O–H groups in total. The van der Waals surface area contributed by atoms with Gasteiger partial charge in [0.15, 0.2) is 0 Å². The molecule has 0 saturated carbocycles. The topological polar surface area (TPSA) is 29.5 Å². The Morgan fingerprint density at radius 3 is 2.63 bits per heavy atom. The first-order valence-electron chi connectivity index (χ1n) is 6.18. The van der Waals surface area contributed by atoms with Crippen LogP contribution in [0.4, 0.5) is 0 Å². The second-order valence-electron chi connectivity index (χ2n) is 4.53. The Bertz CT molecular complexity index is 566. The molecule has 0 aliphatic carbocycles. The van der Waals surface area contributed by atoms with Gasteiger partial charge in [-0.3, -0.25) is 0 Å². The lowest BCUT2D eigenvalue weighted by Gasteiger charge is -2.16. The van der Waals surface area contributed by atoms with E-state index in [1.807, 2.05) is 43.3 Å². The molecule has 0 fully saturated rings. The van der Waals surface area contributed by atoms with Gasteiger partial charge in [0.25, 0.3) is 0 Å². The monoisotopic (exact) mass is 276 g/mol. The first-order chi connectivity index (χ1) is 9.11. The molecule has 0 aromatic heterocycles. The van der Waals surface area contributed by atoms with Crippen LogP contribution in [-0.4, -0.2) is 12.2 Å². The Labute approximate surface area is 118 Å². The van der Waals surface area contributed by atoms with Gasteiger partial charge < -0.3 is 9.84 Å². The number of para-hydroxylation sites is 1. The van der Waals surface area contributed by atoms with E-state index in [1.54, 1.807) is 13.2 Å². The number of hydrogen-bond acceptors (Lipinski definition) is 2. The van der Waals surface area contributed by atoms with Gasteiger partial charge in [-0.15, -0.1) is 0 Å². The summed E-state index contributed by atoms with van der Waals surface area (Å²) in [7, 11) is 1.64. The molecule has 0 aliphatic heterocycles. The van der Waals surface area contributed by atoms with Crippen molar-refractivity contribution in [3.05, 3.63) is 64.2 Å². The molecular weight excluding hydrogens is 260 g/mol. The van der Waals surface area contributed by atoms with Crippen molar-refractivity contribution in [2.45, 2.75) is 19.4 Å². The highest BCUT2D eigenvalue weighted by atomic mass is 35.5. The number of benzene rings is 2. The summed E-state index contributed by atoms with van der Waals surface area (Å²) in [6.45, 7) is 1.95. The lowest BCUT2D eigenvalue weighted by molar-refractivity contribution is 0.176. The fourth-order valence-corrected chi connectivity index (χ4v) is 2.43. The van der Waals surface area contributed by atoms with Crippen LogP contribution in [0.3, 0.4) is 0 Å². The summed E-state index contributed by atoms with van der Waals surface area (Å²) in [5.41, 5.74) is 2.89. The highest BCUT2D eigenvalue weighted by Crippen LogP contribution is 2.27. The lowest BCUT2D eigenvalue weighted by Crippen LogP contribution is -2.05. The molecule has 0 radical (unpaired) electrons. The molecule has 0 bridgehead atoms. The van der Waals surface area contributed by atoms with E-state index in [4.69, 9.17) is 16.3 Å². The Morgan fingerprint density at radius 1 is 1.21 bits per heavy atom. The van der Waals surface area contributed by atoms with Crippen molar-refractivity contribution in [1.29, 1.82) is 0 Å². The van der Waals surface area contributed by atoms with Crippen molar-refractivity contribution in [2.24, 2.45) is 0 Å². The average Bonchev–Trinajstić information content (AvgIpc) is 2.39. The SMILES string of the molecule is COc1ccccc1CC(O)c1ccc(Cl)cc1C. The number of rotatable bonds is 4. The van der Waals surface area contributed by atoms with Gasteiger partial charge in [0, 0.05) is 11.4 Å². The van der Waals surface area contributed by atoms with Gasteiger partial charge in [-0.1, -0.05) is 35.9 Å². The molecule has 0 amide bonds. The molecule has 2 aromatic rings. The number of aliphatic hydroxyl groups excluding tert-OH is 1. The van der Waals surface area contributed by atoms with Crippen molar-refractivity contribution >= 4 is 11.6 Å². The van der Waals surface area contributed by atoms with Crippen LogP contribution >= 0.6 is 11.6 Å². The molecule has 3 heteroatoms. The number of halogens is 1. The number of aryl methyl sites for hydroxylation is 1. The maximum Gasteiger partial charge on any atom is 0.122 e. The Morgan fingerprint density at radius 2 is 1.95 bits per heavy atom. The third kappa shape index (κ3) is 3.28. The molecule has 0 heterocycles. The van der Waals surface area contributed by atoms with Gasteiger partial charge in [-0.2, -0.15) is 0 Å². The van der Waals surface area contributed by atoms with Gasteiger partial charge in [0.05, 0.1) is 13.2 Å². The second-order valence-corrected chi connectivity index (χ2v) is 4.97. The number of ether oxygens (including phenoxy) is 1. The minimum atomic E-state index is -0.562. The minimum absolute atomic E-state index is 0.520. The normalized spacial score (nSPS) is 12.2. The van der Waals surface area contributed by atoms with E-state index in [-0.39, 0.29) is 0 Å². The summed E-state index contributed by atoms with van der Waals surface area (Å²) in [4.78, 5) is 0. The molecule has 0 spiro atoms. The summed E-state index contributed by atoms with van der Waals surface area (Å²) in [6, 6.07) is 13.3. The number of aliphatic hydroxyl groups is 1. The predicted octanol–water partition coefficient (Wildman–Crippen LogP) is 3.93. The molecule has 2 rings (SSSR count).